The minimum Gasteiger partial charge on any atom is -0.504 e. The molecule has 1 fully saturated rings. The van der Waals surface area contributed by atoms with Crippen molar-refractivity contribution in [1.82, 2.24) is 0 Å². The van der Waals surface area contributed by atoms with Gasteiger partial charge in [-0.1, -0.05) is 6.07 Å². The SMILES string of the molecule is O=C(C=Cc1ccc(O)c(O)c1)O[C@]1(O)[C@H](O)C[C@](O)(C(=O)O)C[C@H]1OC(=O)CC(=O)c1ccc(O)c(O)c1. The molecule has 1 aliphatic carbocycles. The summed E-state index contributed by atoms with van der Waals surface area (Å²) in [5.74, 6) is -10.6. The largest absolute Gasteiger partial charge is 0.504 e. The molecule has 0 aliphatic heterocycles. The third-order valence-electron chi connectivity index (χ3n) is 5.94. The highest BCUT2D eigenvalue weighted by molar-refractivity contribution is 6.06. The average molecular weight is 548 g/mol. The normalized spacial score (nSPS) is 24.7. The number of hydrogen-bond acceptors (Lipinski definition) is 13. The van der Waals surface area contributed by atoms with Gasteiger partial charge in [-0.3, -0.25) is 9.59 Å². The first-order valence-electron chi connectivity index (χ1n) is 11.2. The third-order valence-corrected chi connectivity index (χ3v) is 5.94. The van der Waals surface area contributed by atoms with Gasteiger partial charge in [-0.25, -0.2) is 9.59 Å². The second-order valence-corrected chi connectivity index (χ2v) is 8.80. The maximum atomic E-state index is 12.5. The molecule has 39 heavy (non-hydrogen) atoms. The fraction of sp³-hybridized carbons (Fsp3) is 0.280. The zero-order valence-corrected chi connectivity index (χ0v) is 19.9. The molecular weight excluding hydrogens is 524 g/mol. The van der Waals surface area contributed by atoms with E-state index in [1.165, 1.54) is 6.07 Å². The lowest BCUT2D eigenvalue weighted by molar-refractivity contribution is -0.315. The van der Waals surface area contributed by atoms with Crippen LogP contribution < -0.4 is 0 Å². The fourth-order valence-electron chi connectivity index (χ4n) is 3.79. The van der Waals surface area contributed by atoms with Crippen LogP contribution in [0.5, 0.6) is 23.0 Å². The van der Waals surface area contributed by atoms with Gasteiger partial charge in [0.2, 0.25) is 0 Å². The number of carbonyl (C=O) groups excluding carboxylic acids is 3. The molecule has 0 aromatic heterocycles. The Balaban J connectivity index is 1.80. The summed E-state index contributed by atoms with van der Waals surface area (Å²) in [6.45, 7) is 0. The second kappa shape index (κ2) is 11.0. The summed E-state index contributed by atoms with van der Waals surface area (Å²) in [4.78, 5) is 48.9. The van der Waals surface area contributed by atoms with Crippen molar-refractivity contribution in [3.63, 3.8) is 0 Å². The highest BCUT2D eigenvalue weighted by Gasteiger charge is 2.61. The molecule has 0 bridgehead atoms. The number of phenolic OH excluding ortho intramolecular Hbond substituents is 4. The first-order chi connectivity index (χ1) is 18.1. The molecule has 0 heterocycles. The minimum atomic E-state index is -3.06. The molecule has 14 heteroatoms. The van der Waals surface area contributed by atoms with Crippen LogP contribution in [0.25, 0.3) is 6.08 Å². The molecule has 0 saturated heterocycles. The third kappa shape index (κ3) is 6.43. The highest BCUT2D eigenvalue weighted by Crippen LogP contribution is 2.39. The standard InChI is InChI=1S/C25H24O14/c26-14-4-1-12(7-17(14)29)2-6-21(32)39-25(37)19(31)10-24(36,23(34)35)11-20(25)38-22(33)9-16(28)13-3-5-15(27)18(30)8-13/h1-8,19-20,26-27,29-31,36-37H,9-11H2,(H,34,35)/t19-,20-,24-,25-/m1/s1. The van der Waals surface area contributed by atoms with Gasteiger partial charge in [0.05, 0.1) is 0 Å². The molecule has 14 nitrogen and oxygen atoms in total. The van der Waals surface area contributed by atoms with Gasteiger partial charge in [0.1, 0.15) is 12.5 Å². The quantitative estimate of drug-likeness (QED) is 0.0536. The molecule has 0 spiro atoms. The molecule has 1 saturated carbocycles. The zero-order valence-electron chi connectivity index (χ0n) is 19.9. The lowest BCUT2D eigenvalue weighted by Gasteiger charge is -2.45. The van der Waals surface area contributed by atoms with Crippen LogP contribution in [-0.2, 0) is 23.9 Å². The number of carboxylic acid groups (broad SMARTS) is 1. The summed E-state index contributed by atoms with van der Waals surface area (Å²) in [5.41, 5.74) is -2.71. The van der Waals surface area contributed by atoms with Crippen molar-refractivity contribution in [2.24, 2.45) is 0 Å². The van der Waals surface area contributed by atoms with Crippen LogP contribution in [-0.4, -0.2) is 88.1 Å². The smallest absolute Gasteiger partial charge is 0.335 e. The van der Waals surface area contributed by atoms with Crippen LogP contribution in [0.4, 0.5) is 0 Å². The Morgan fingerprint density at radius 3 is 2.10 bits per heavy atom. The van der Waals surface area contributed by atoms with Crippen molar-refractivity contribution in [3.05, 3.63) is 53.6 Å². The number of aromatic hydroxyl groups is 4. The van der Waals surface area contributed by atoms with Crippen molar-refractivity contribution in [2.75, 3.05) is 0 Å². The van der Waals surface area contributed by atoms with Crippen LogP contribution in [0.3, 0.4) is 0 Å². The van der Waals surface area contributed by atoms with Gasteiger partial charge in [-0.15, -0.1) is 0 Å². The van der Waals surface area contributed by atoms with Crippen LogP contribution in [0.2, 0.25) is 0 Å². The Bertz CT molecular complexity index is 1330. The number of phenols is 4. The number of Topliss-reactive ketones (excluding diaryl/α,β-unsaturated/α-hetero) is 1. The Morgan fingerprint density at radius 2 is 1.51 bits per heavy atom. The first kappa shape index (κ1) is 28.9. The number of rotatable bonds is 8. The van der Waals surface area contributed by atoms with Gasteiger partial charge in [0.15, 0.2) is 40.5 Å². The topological polar surface area (TPSA) is 249 Å². The van der Waals surface area contributed by atoms with E-state index >= 15 is 0 Å². The van der Waals surface area contributed by atoms with E-state index in [2.05, 4.69) is 0 Å². The predicted molar refractivity (Wildman–Crippen MR) is 126 cm³/mol. The molecular formula is C25H24O14. The van der Waals surface area contributed by atoms with E-state index in [9.17, 15) is 60.0 Å². The summed E-state index contributed by atoms with van der Waals surface area (Å²) in [7, 11) is 0. The first-order valence-corrected chi connectivity index (χ1v) is 11.2. The number of carbonyl (C=O) groups is 4. The maximum absolute atomic E-state index is 12.5. The predicted octanol–water partition coefficient (Wildman–Crippen LogP) is -0.0908. The number of aliphatic hydroxyl groups excluding tert-OH is 1. The molecule has 0 radical (unpaired) electrons. The van der Waals surface area contributed by atoms with Crippen LogP contribution >= 0.6 is 0 Å². The Labute approximate surface area is 219 Å². The van der Waals surface area contributed by atoms with Gasteiger partial charge < -0.3 is 50.3 Å². The second-order valence-electron chi connectivity index (χ2n) is 8.80. The molecule has 8 N–H and O–H groups in total. The van der Waals surface area contributed by atoms with E-state index in [-0.39, 0.29) is 11.1 Å². The number of ketones is 1. The number of esters is 2. The summed E-state index contributed by atoms with van der Waals surface area (Å²) in [5, 5.41) is 79.0. The Morgan fingerprint density at radius 1 is 0.897 bits per heavy atom. The number of carboxylic acids is 1. The van der Waals surface area contributed by atoms with E-state index in [0.717, 1.165) is 42.5 Å². The molecule has 3 rings (SSSR count). The van der Waals surface area contributed by atoms with Crippen LogP contribution in [0.15, 0.2) is 42.5 Å². The van der Waals surface area contributed by atoms with Crippen molar-refractivity contribution in [1.29, 1.82) is 0 Å². The number of benzene rings is 2. The van der Waals surface area contributed by atoms with Crippen molar-refractivity contribution < 1.29 is 69.5 Å². The van der Waals surface area contributed by atoms with Gasteiger partial charge in [0.25, 0.3) is 5.79 Å². The van der Waals surface area contributed by atoms with Crippen LogP contribution in [0, 0.1) is 0 Å². The summed E-state index contributed by atoms with van der Waals surface area (Å²) >= 11 is 0. The lowest BCUT2D eigenvalue weighted by Crippen LogP contribution is -2.66. The molecule has 0 amide bonds. The maximum Gasteiger partial charge on any atom is 0.335 e. The molecule has 2 aromatic rings. The number of ether oxygens (including phenoxy) is 2. The molecule has 1 aliphatic rings. The number of aliphatic hydroxyl groups is 3. The van der Waals surface area contributed by atoms with Gasteiger partial charge >= 0.3 is 17.9 Å². The van der Waals surface area contributed by atoms with Gasteiger partial charge in [-0.2, -0.15) is 0 Å². The highest BCUT2D eigenvalue weighted by atomic mass is 16.7. The summed E-state index contributed by atoms with van der Waals surface area (Å²) in [6, 6.07) is 6.48. The zero-order chi connectivity index (χ0) is 29.1. The van der Waals surface area contributed by atoms with Crippen molar-refractivity contribution in [3.8, 4) is 23.0 Å². The van der Waals surface area contributed by atoms with E-state index in [1.807, 2.05) is 0 Å². The molecule has 4 atom stereocenters. The minimum absolute atomic E-state index is 0.208. The molecule has 208 valence electrons. The van der Waals surface area contributed by atoms with E-state index < -0.39 is 89.5 Å². The lowest BCUT2D eigenvalue weighted by atomic mass is 9.77. The van der Waals surface area contributed by atoms with Gasteiger partial charge in [-0.05, 0) is 42.0 Å². The van der Waals surface area contributed by atoms with E-state index in [4.69, 9.17) is 9.47 Å². The number of hydrogen-bond donors (Lipinski definition) is 8. The molecule has 0 unspecified atom stereocenters. The fourth-order valence-corrected chi connectivity index (χ4v) is 3.79. The van der Waals surface area contributed by atoms with E-state index in [0.29, 0.717) is 0 Å². The Kier molecular flexibility index (Phi) is 8.14. The Hall–Kier alpha value is -4.66. The van der Waals surface area contributed by atoms with Crippen molar-refractivity contribution >= 4 is 29.8 Å². The number of aliphatic carboxylic acids is 1. The average Bonchev–Trinajstić information content (AvgIpc) is 2.84. The molecule has 2 aromatic carbocycles. The van der Waals surface area contributed by atoms with Crippen LogP contribution in [0.1, 0.15) is 35.2 Å². The van der Waals surface area contributed by atoms with Crippen molar-refractivity contribution in [2.45, 2.75) is 42.9 Å². The van der Waals surface area contributed by atoms with E-state index in [1.54, 1.807) is 0 Å². The summed E-state index contributed by atoms with van der Waals surface area (Å²) in [6.07, 6.45) is -5.68. The van der Waals surface area contributed by atoms with Gasteiger partial charge in [0, 0.05) is 24.5 Å². The summed E-state index contributed by atoms with van der Waals surface area (Å²) < 4.78 is 9.91. The monoisotopic (exact) mass is 548 g/mol.